The second-order valence-corrected chi connectivity index (χ2v) is 9.48. The normalized spacial score (nSPS) is 18.3. The molecule has 5 heteroatoms. The predicted octanol–water partition coefficient (Wildman–Crippen LogP) is 6.67. The second kappa shape index (κ2) is 6.20. The van der Waals surface area contributed by atoms with Crippen molar-refractivity contribution in [2.75, 3.05) is 4.90 Å². The second-order valence-electron chi connectivity index (χ2n) is 8.63. The van der Waals surface area contributed by atoms with Gasteiger partial charge in [-0.05, 0) is 68.7 Å². The van der Waals surface area contributed by atoms with E-state index in [1.807, 2.05) is 31.2 Å². The zero-order valence-electron chi connectivity index (χ0n) is 16.1. The molecule has 0 saturated heterocycles. The van der Waals surface area contributed by atoms with E-state index in [9.17, 15) is 4.79 Å². The van der Waals surface area contributed by atoms with Gasteiger partial charge in [0.2, 0.25) is 0 Å². The molecule has 1 aliphatic heterocycles. The Morgan fingerprint density at radius 3 is 2.28 bits per heavy atom. The van der Waals surface area contributed by atoms with Crippen LogP contribution in [0.4, 0.5) is 5.69 Å². The molecule has 1 amide bonds. The Kier molecular flexibility index (Phi) is 3.79. The van der Waals surface area contributed by atoms with Gasteiger partial charge in [0.1, 0.15) is 0 Å². The Balaban J connectivity index is 1.59. The van der Waals surface area contributed by atoms with E-state index in [1.165, 1.54) is 25.7 Å². The summed E-state index contributed by atoms with van der Waals surface area (Å²) in [5.41, 5.74) is 5.40. The van der Waals surface area contributed by atoms with Crippen LogP contribution in [0.25, 0.3) is 22.0 Å². The van der Waals surface area contributed by atoms with Crippen LogP contribution in [-0.4, -0.2) is 16.9 Å². The number of halogens is 2. The lowest BCUT2D eigenvalue weighted by atomic mass is 9.98. The van der Waals surface area contributed by atoms with E-state index in [0.29, 0.717) is 27.9 Å². The van der Waals surface area contributed by atoms with E-state index < -0.39 is 0 Å². The van der Waals surface area contributed by atoms with Gasteiger partial charge in [0, 0.05) is 38.3 Å². The van der Waals surface area contributed by atoms with Crippen LogP contribution in [0.5, 0.6) is 0 Å². The van der Waals surface area contributed by atoms with E-state index in [4.69, 9.17) is 28.2 Å². The van der Waals surface area contributed by atoms with Crippen LogP contribution >= 0.6 is 23.2 Å². The molecule has 29 heavy (non-hydrogen) atoms. The molecule has 3 nitrogen and oxygen atoms in total. The number of rotatable bonds is 4. The van der Waals surface area contributed by atoms with Gasteiger partial charge in [-0.25, -0.2) is 0 Å². The van der Waals surface area contributed by atoms with Crippen molar-refractivity contribution in [3.8, 4) is 11.1 Å². The first-order valence-electron chi connectivity index (χ1n) is 10.3. The SMILES string of the molecule is Cc1cc2c3c(ccc(-c4ccc(Cl)cc4Cl)c3n1)C(=O)N2C(C1CC1)C1CC1. The van der Waals surface area contributed by atoms with Crippen LogP contribution in [0, 0.1) is 18.8 Å². The van der Waals surface area contributed by atoms with Crippen molar-refractivity contribution in [1.29, 1.82) is 0 Å². The fraction of sp³-hybridized carbons (Fsp3) is 0.333. The third-order valence-electron chi connectivity index (χ3n) is 6.51. The number of carbonyl (C=O) groups excluding carboxylic acids is 1. The number of pyridine rings is 1. The lowest BCUT2D eigenvalue weighted by Crippen LogP contribution is -2.41. The molecule has 0 N–H and O–H groups in total. The summed E-state index contributed by atoms with van der Waals surface area (Å²) in [6.45, 7) is 2.00. The van der Waals surface area contributed by atoms with Gasteiger partial charge in [0.15, 0.2) is 0 Å². The minimum absolute atomic E-state index is 0.134. The highest BCUT2D eigenvalue weighted by Gasteiger charge is 2.49. The van der Waals surface area contributed by atoms with E-state index in [2.05, 4.69) is 11.0 Å². The van der Waals surface area contributed by atoms with Crippen molar-refractivity contribution in [3.05, 3.63) is 57.7 Å². The maximum atomic E-state index is 13.5. The monoisotopic (exact) mass is 422 g/mol. The summed E-state index contributed by atoms with van der Waals surface area (Å²) in [6.07, 6.45) is 4.94. The Hall–Kier alpha value is -2.10. The number of anilines is 1. The molecule has 1 aromatic heterocycles. The number of amides is 1. The molecule has 2 aromatic carbocycles. The van der Waals surface area contributed by atoms with E-state index >= 15 is 0 Å². The molecule has 2 heterocycles. The highest BCUT2D eigenvalue weighted by Crippen LogP contribution is 2.52. The molecule has 2 aliphatic carbocycles. The summed E-state index contributed by atoms with van der Waals surface area (Å²) in [5, 5.41) is 2.16. The van der Waals surface area contributed by atoms with Crippen LogP contribution in [-0.2, 0) is 0 Å². The molecule has 3 aromatic rings. The average Bonchev–Trinajstić information content (AvgIpc) is 3.59. The number of carbonyl (C=O) groups is 1. The summed E-state index contributed by atoms with van der Waals surface area (Å²) in [5.74, 6) is 1.43. The van der Waals surface area contributed by atoms with Gasteiger partial charge in [0.05, 0.1) is 16.8 Å². The Bertz CT molecular complexity index is 1190. The Morgan fingerprint density at radius 2 is 1.62 bits per heavy atom. The minimum Gasteiger partial charge on any atom is -0.304 e. The first-order chi connectivity index (χ1) is 14.0. The van der Waals surface area contributed by atoms with Gasteiger partial charge in [-0.3, -0.25) is 9.78 Å². The van der Waals surface area contributed by atoms with Gasteiger partial charge in [-0.1, -0.05) is 35.3 Å². The van der Waals surface area contributed by atoms with Crippen LogP contribution in [0.3, 0.4) is 0 Å². The third kappa shape index (κ3) is 2.71. The summed E-state index contributed by atoms with van der Waals surface area (Å²) in [4.78, 5) is 20.5. The minimum atomic E-state index is 0.134. The van der Waals surface area contributed by atoms with Crippen LogP contribution in [0.15, 0.2) is 36.4 Å². The molecule has 146 valence electrons. The first kappa shape index (κ1) is 17.7. The molecular formula is C24H20Cl2N2O. The topological polar surface area (TPSA) is 33.2 Å². The third-order valence-corrected chi connectivity index (χ3v) is 7.05. The molecule has 0 radical (unpaired) electrons. The maximum absolute atomic E-state index is 13.5. The number of aromatic nitrogens is 1. The van der Waals surface area contributed by atoms with Crippen molar-refractivity contribution in [1.82, 2.24) is 4.98 Å². The van der Waals surface area contributed by atoms with Crippen molar-refractivity contribution in [2.45, 2.75) is 38.6 Å². The fourth-order valence-corrected chi connectivity index (χ4v) is 5.47. The quantitative estimate of drug-likeness (QED) is 0.470. The van der Waals surface area contributed by atoms with Crippen molar-refractivity contribution in [2.24, 2.45) is 11.8 Å². The zero-order valence-corrected chi connectivity index (χ0v) is 17.6. The number of nitrogens with zero attached hydrogens (tertiary/aromatic N) is 2. The smallest absolute Gasteiger partial charge is 0.259 e. The number of benzene rings is 2. The van der Waals surface area contributed by atoms with Gasteiger partial charge < -0.3 is 4.90 Å². The molecule has 0 unspecified atom stereocenters. The van der Waals surface area contributed by atoms with E-state index in [-0.39, 0.29) is 5.91 Å². The highest BCUT2D eigenvalue weighted by molar-refractivity contribution is 6.37. The average molecular weight is 423 g/mol. The van der Waals surface area contributed by atoms with Crippen molar-refractivity contribution >= 4 is 45.7 Å². The summed E-state index contributed by atoms with van der Waals surface area (Å²) < 4.78 is 0. The first-order valence-corrected chi connectivity index (χ1v) is 11.0. The molecule has 2 fully saturated rings. The van der Waals surface area contributed by atoms with Gasteiger partial charge >= 0.3 is 0 Å². The van der Waals surface area contributed by atoms with Crippen molar-refractivity contribution < 1.29 is 4.79 Å². The summed E-state index contributed by atoms with van der Waals surface area (Å²) in [7, 11) is 0. The summed E-state index contributed by atoms with van der Waals surface area (Å²) >= 11 is 12.6. The van der Waals surface area contributed by atoms with Gasteiger partial charge in [-0.15, -0.1) is 0 Å². The van der Waals surface area contributed by atoms with Crippen LogP contribution in [0.2, 0.25) is 10.0 Å². The molecule has 2 saturated carbocycles. The van der Waals surface area contributed by atoms with Gasteiger partial charge in [0.25, 0.3) is 5.91 Å². The number of hydrogen-bond donors (Lipinski definition) is 0. The van der Waals surface area contributed by atoms with Gasteiger partial charge in [-0.2, -0.15) is 0 Å². The van der Waals surface area contributed by atoms with E-state index in [0.717, 1.165) is 39.0 Å². The molecule has 0 spiro atoms. The lowest BCUT2D eigenvalue weighted by molar-refractivity contribution is 0.0976. The maximum Gasteiger partial charge on any atom is 0.259 e. The largest absolute Gasteiger partial charge is 0.304 e. The summed E-state index contributed by atoms with van der Waals surface area (Å²) in [6, 6.07) is 11.9. The molecule has 6 rings (SSSR count). The Labute approximate surface area is 179 Å². The molecule has 0 bridgehead atoms. The standard InChI is InChI=1S/C24H20Cl2N2O/c1-12-10-20-21-18(24(29)28(20)23(13-2-3-13)14-4-5-14)9-8-17(22(21)27-12)16-7-6-15(25)11-19(16)26/h6-11,13-14,23H,2-5H2,1H3. The highest BCUT2D eigenvalue weighted by atomic mass is 35.5. The molecule has 3 aliphatic rings. The molecule has 0 atom stereocenters. The van der Waals surface area contributed by atoms with E-state index in [1.54, 1.807) is 6.07 Å². The molecular weight excluding hydrogens is 403 g/mol. The van der Waals surface area contributed by atoms with Crippen LogP contribution < -0.4 is 4.90 Å². The zero-order chi connectivity index (χ0) is 19.9. The van der Waals surface area contributed by atoms with Crippen molar-refractivity contribution in [3.63, 3.8) is 0 Å². The fourth-order valence-electron chi connectivity index (χ4n) is 4.96. The number of aryl methyl sites for hydroxylation is 1. The van der Waals surface area contributed by atoms with Crippen LogP contribution in [0.1, 0.15) is 41.7 Å². The predicted molar refractivity (Wildman–Crippen MR) is 118 cm³/mol. The number of hydrogen-bond acceptors (Lipinski definition) is 2. The Morgan fingerprint density at radius 1 is 0.966 bits per heavy atom. The lowest BCUT2D eigenvalue weighted by Gasteiger charge is -2.29.